The summed E-state index contributed by atoms with van der Waals surface area (Å²) in [6.45, 7) is 0.201. The van der Waals surface area contributed by atoms with Gasteiger partial charge in [0.2, 0.25) is 0 Å². The van der Waals surface area contributed by atoms with Gasteiger partial charge in [-0.25, -0.2) is 4.39 Å². The number of halogens is 3. The molecule has 2 amide bonds. The number of amides is 2. The van der Waals surface area contributed by atoms with Crippen LogP contribution in [-0.4, -0.2) is 16.0 Å². The number of ether oxygens (including phenoxy) is 1. The molecule has 0 atom stereocenters. The number of thioether (sulfide) groups is 1. The van der Waals surface area contributed by atoms with Crippen LogP contribution < -0.4 is 4.74 Å². The fourth-order valence-electron chi connectivity index (χ4n) is 3.08. The van der Waals surface area contributed by atoms with E-state index in [4.69, 9.17) is 16.3 Å². The van der Waals surface area contributed by atoms with Crippen molar-refractivity contribution in [2.24, 2.45) is 0 Å². The molecule has 32 heavy (non-hydrogen) atoms. The number of hydrogen-bond donors (Lipinski definition) is 0. The van der Waals surface area contributed by atoms with E-state index in [1.165, 1.54) is 17.0 Å². The molecule has 4 rings (SSSR count). The fourth-order valence-corrected chi connectivity index (χ4v) is 4.50. The predicted molar refractivity (Wildman–Crippen MR) is 133 cm³/mol. The SMILES string of the molecule is O=C1S/C(=C/c2cccc(OCc3c(F)cccc3Cl)c2)C(=O)N1Cc1ccc(I)cc1. The number of hydrogen-bond acceptors (Lipinski definition) is 4. The standard InChI is InChI=1S/C24H16ClFINO3S/c25-20-5-2-6-21(26)19(20)14-31-18-4-1-3-16(11-18)12-22-23(29)28(24(30)32-22)13-15-7-9-17(27)10-8-15/h1-12H,13-14H2/b22-12+. The van der Waals surface area contributed by atoms with Crippen LogP contribution in [0.25, 0.3) is 6.08 Å². The Kier molecular flexibility index (Phi) is 7.17. The Bertz CT molecular complexity index is 1200. The van der Waals surface area contributed by atoms with E-state index in [1.54, 1.807) is 36.4 Å². The minimum absolute atomic E-state index is 0.0263. The fraction of sp³-hybridized carbons (Fsp3) is 0.0833. The van der Waals surface area contributed by atoms with Gasteiger partial charge in [-0.2, -0.15) is 0 Å². The molecule has 0 N–H and O–H groups in total. The van der Waals surface area contributed by atoms with Gasteiger partial charge in [0.05, 0.1) is 16.5 Å². The lowest BCUT2D eigenvalue weighted by Crippen LogP contribution is -2.27. The van der Waals surface area contributed by atoms with E-state index < -0.39 is 5.82 Å². The van der Waals surface area contributed by atoms with Gasteiger partial charge < -0.3 is 4.74 Å². The summed E-state index contributed by atoms with van der Waals surface area (Å²) in [5.41, 5.74) is 1.86. The Labute approximate surface area is 207 Å². The molecule has 0 unspecified atom stereocenters. The van der Waals surface area contributed by atoms with E-state index in [2.05, 4.69) is 22.6 Å². The van der Waals surface area contributed by atoms with E-state index in [9.17, 15) is 14.0 Å². The lowest BCUT2D eigenvalue weighted by atomic mass is 10.2. The van der Waals surface area contributed by atoms with Crippen LogP contribution in [0.5, 0.6) is 5.75 Å². The molecule has 1 aliphatic heterocycles. The molecule has 0 saturated carbocycles. The quantitative estimate of drug-likeness (QED) is 0.236. The molecule has 0 spiro atoms. The molecule has 0 aliphatic carbocycles. The number of carbonyl (C=O) groups is 2. The number of carbonyl (C=O) groups excluding carboxylic acids is 2. The Hall–Kier alpha value is -2.36. The number of benzene rings is 3. The van der Waals surface area contributed by atoms with Gasteiger partial charge in [-0.15, -0.1) is 0 Å². The normalized spacial score (nSPS) is 15.0. The van der Waals surface area contributed by atoms with Crippen molar-refractivity contribution in [3.05, 3.63) is 103 Å². The first-order chi connectivity index (χ1) is 15.4. The van der Waals surface area contributed by atoms with Crippen molar-refractivity contribution in [2.45, 2.75) is 13.2 Å². The summed E-state index contributed by atoms with van der Waals surface area (Å²) in [5.74, 6) is -0.269. The first-order valence-electron chi connectivity index (χ1n) is 9.56. The van der Waals surface area contributed by atoms with Gasteiger partial charge in [-0.1, -0.05) is 41.9 Å². The highest BCUT2D eigenvalue weighted by Crippen LogP contribution is 2.34. The van der Waals surface area contributed by atoms with Crippen LogP contribution in [-0.2, 0) is 17.9 Å². The molecule has 0 aromatic heterocycles. The highest BCUT2D eigenvalue weighted by atomic mass is 127. The van der Waals surface area contributed by atoms with Crippen molar-refractivity contribution in [3.63, 3.8) is 0 Å². The molecule has 162 valence electrons. The highest BCUT2D eigenvalue weighted by molar-refractivity contribution is 14.1. The van der Waals surface area contributed by atoms with E-state index in [-0.39, 0.29) is 29.9 Å². The van der Waals surface area contributed by atoms with Gasteiger partial charge in [0.1, 0.15) is 18.2 Å². The molecule has 1 saturated heterocycles. The maximum atomic E-state index is 13.9. The molecular weight excluding hydrogens is 564 g/mol. The van der Waals surface area contributed by atoms with Gasteiger partial charge in [0.25, 0.3) is 11.1 Å². The third kappa shape index (κ3) is 5.33. The molecule has 1 heterocycles. The summed E-state index contributed by atoms with van der Waals surface area (Å²) in [6.07, 6.45) is 1.65. The van der Waals surface area contributed by atoms with Crippen LogP contribution in [0.3, 0.4) is 0 Å². The lowest BCUT2D eigenvalue weighted by Gasteiger charge is -2.12. The average Bonchev–Trinajstić information content (AvgIpc) is 3.02. The second-order valence-corrected chi connectivity index (χ2v) is 9.60. The van der Waals surface area contributed by atoms with Crippen LogP contribution >= 0.6 is 46.0 Å². The second-order valence-electron chi connectivity index (χ2n) is 6.96. The van der Waals surface area contributed by atoms with E-state index in [0.717, 1.165) is 20.9 Å². The van der Waals surface area contributed by atoms with Crippen molar-refractivity contribution in [1.82, 2.24) is 4.90 Å². The van der Waals surface area contributed by atoms with Crippen LogP contribution in [0, 0.1) is 9.39 Å². The first kappa shape index (κ1) is 22.8. The molecular formula is C24H16ClFINO3S. The number of nitrogens with zero attached hydrogens (tertiary/aromatic N) is 1. The Morgan fingerprint density at radius 2 is 1.81 bits per heavy atom. The summed E-state index contributed by atoms with van der Waals surface area (Å²) in [5, 5.41) is -0.00986. The van der Waals surface area contributed by atoms with E-state index in [0.29, 0.717) is 21.2 Å². The van der Waals surface area contributed by atoms with Crippen molar-refractivity contribution >= 4 is 63.2 Å². The van der Waals surface area contributed by atoms with Crippen LogP contribution in [0.1, 0.15) is 16.7 Å². The van der Waals surface area contributed by atoms with Crippen molar-refractivity contribution in [2.75, 3.05) is 0 Å². The lowest BCUT2D eigenvalue weighted by molar-refractivity contribution is -0.123. The van der Waals surface area contributed by atoms with E-state index >= 15 is 0 Å². The Morgan fingerprint density at radius 3 is 2.56 bits per heavy atom. The van der Waals surface area contributed by atoms with Gasteiger partial charge in [-0.05, 0) is 88.0 Å². The predicted octanol–water partition coefficient (Wildman–Crippen LogP) is 6.90. The number of imide groups is 1. The zero-order valence-electron chi connectivity index (χ0n) is 16.6. The maximum absolute atomic E-state index is 13.9. The topological polar surface area (TPSA) is 46.6 Å². The Balaban J connectivity index is 1.47. The van der Waals surface area contributed by atoms with Crippen LogP contribution in [0.15, 0.2) is 71.6 Å². The third-order valence-electron chi connectivity index (χ3n) is 4.73. The van der Waals surface area contributed by atoms with E-state index in [1.807, 2.05) is 24.3 Å². The molecule has 1 aliphatic rings. The molecule has 1 fully saturated rings. The third-order valence-corrected chi connectivity index (χ3v) is 6.71. The zero-order chi connectivity index (χ0) is 22.7. The Morgan fingerprint density at radius 1 is 1.06 bits per heavy atom. The molecule has 8 heteroatoms. The summed E-state index contributed by atoms with van der Waals surface area (Å²) < 4.78 is 20.7. The van der Waals surface area contributed by atoms with Gasteiger partial charge in [-0.3, -0.25) is 14.5 Å². The highest BCUT2D eigenvalue weighted by Gasteiger charge is 2.34. The van der Waals surface area contributed by atoms with Crippen LogP contribution in [0.4, 0.5) is 9.18 Å². The van der Waals surface area contributed by atoms with Crippen molar-refractivity contribution in [1.29, 1.82) is 0 Å². The maximum Gasteiger partial charge on any atom is 0.293 e. The smallest absolute Gasteiger partial charge is 0.293 e. The number of rotatable bonds is 6. The summed E-state index contributed by atoms with van der Waals surface area (Å²) in [6, 6.07) is 19.2. The second kappa shape index (κ2) is 10.1. The first-order valence-corrected chi connectivity index (χ1v) is 11.8. The molecule has 0 radical (unpaired) electrons. The summed E-state index contributed by atoms with van der Waals surface area (Å²) in [4.78, 5) is 26.8. The van der Waals surface area contributed by atoms with Gasteiger partial charge >= 0.3 is 0 Å². The minimum atomic E-state index is -0.435. The summed E-state index contributed by atoms with van der Waals surface area (Å²) in [7, 11) is 0. The minimum Gasteiger partial charge on any atom is -0.489 e. The molecule has 3 aromatic carbocycles. The van der Waals surface area contributed by atoms with Gasteiger partial charge in [0.15, 0.2) is 0 Å². The monoisotopic (exact) mass is 579 g/mol. The molecule has 4 nitrogen and oxygen atoms in total. The van der Waals surface area contributed by atoms with Crippen LogP contribution in [0.2, 0.25) is 5.02 Å². The molecule has 3 aromatic rings. The summed E-state index contributed by atoms with van der Waals surface area (Å²) >= 11 is 9.15. The average molecular weight is 580 g/mol. The zero-order valence-corrected chi connectivity index (χ0v) is 20.3. The van der Waals surface area contributed by atoms with Gasteiger partial charge in [0, 0.05) is 9.13 Å². The largest absolute Gasteiger partial charge is 0.489 e. The van der Waals surface area contributed by atoms with Crippen molar-refractivity contribution < 1.29 is 18.7 Å². The van der Waals surface area contributed by atoms with Crippen molar-refractivity contribution in [3.8, 4) is 5.75 Å². The molecule has 0 bridgehead atoms.